The maximum atomic E-state index is 12.5. The van der Waals surface area contributed by atoms with Crippen molar-refractivity contribution >= 4 is 50.5 Å². The molecule has 3 N–H and O–H groups in total. The van der Waals surface area contributed by atoms with Crippen LogP contribution in [0.3, 0.4) is 0 Å². The molecular weight excluding hydrogens is 434 g/mol. The van der Waals surface area contributed by atoms with Crippen LogP contribution in [0, 0.1) is 0 Å². The van der Waals surface area contributed by atoms with Gasteiger partial charge in [0, 0.05) is 5.02 Å². The minimum atomic E-state index is -3.81. The van der Waals surface area contributed by atoms with Gasteiger partial charge >= 0.3 is 0 Å². The van der Waals surface area contributed by atoms with Gasteiger partial charge in [0.1, 0.15) is 4.21 Å². The highest BCUT2D eigenvalue weighted by atomic mass is 35.5. The quantitative estimate of drug-likeness (QED) is 0.502. The molecule has 3 aromatic rings. The maximum absolute atomic E-state index is 12.5. The Bertz CT molecular complexity index is 1110. The van der Waals surface area contributed by atoms with Gasteiger partial charge in [0.2, 0.25) is 5.91 Å². The normalized spacial score (nSPS) is 10.9. The highest BCUT2D eigenvalue weighted by Crippen LogP contribution is 2.22. The van der Waals surface area contributed by atoms with Crippen LogP contribution >= 0.6 is 22.9 Å². The lowest BCUT2D eigenvalue weighted by Gasteiger charge is -2.12. The van der Waals surface area contributed by atoms with E-state index < -0.39 is 21.8 Å². The van der Waals surface area contributed by atoms with E-state index in [0.29, 0.717) is 5.02 Å². The smallest absolute Gasteiger partial charge is 0.271 e. The molecule has 3 rings (SSSR count). The summed E-state index contributed by atoms with van der Waals surface area (Å²) in [6.07, 6.45) is 0.0457. The fourth-order valence-corrected chi connectivity index (χ4v) is 4.61. The van der Waals surface area contributed by atoms with Gasteiger partial charge in [0.25, 0.3) is 15.9 Å². The molecule has 7 nitrogen and oxygen atoms in total. The summed E-state index contributed by atoms with van der Waals surface area (Å²) in [6, 6.07) is 15.9. The number of nitrogens with one attached hydrogen (secondary N) is 3. The highest BCUT2D eigenvalue weighted by molar-refractivity contribution is 7.94. The van der Waals surface area contributed by atoms with Gasteiger partial charge in [-0.05, 0) is 41.3 Å². The van der Waals surface area contributed by atoms with Crippen molar-refractivity contribution in [1.29, 1.82) is 0 Å². The Kier molecular flexibility index (Phi) is 6.53. The van der Waals surface area contributed by atoms with Crippen LogP contribution in [-0.4, -0.2) is 20.2 Å². The van der Waals surface area contributed by atoms with E-state index in [1.807, 2.05) is 0 Å². The van der Waals surface area contributed by atoms with Crippen molar-refractivity contribution in [3.8, 4) is 0 Å². The molecule has 0 aliphatic rings. The van der Waals surface area contributed by atoms with E-state index in [4.69, 9.17) is 11.6 Å². The largest absolute Gasteiger partial charge is 0.278 e. The first kappa shape index (κ1) is 20.8. The number of amides is 2. The van der Waals surface area contributed by atoms with Gasteiger partial charge in [-0.1, -0.05) is 41.9 Å². The summed E-state index contributed by atoms with van der Waals surface area (Å²) in [6.45, 7) is 0. The van der Waals surface area contributed by atoms with Crippen LogP contribution in [0.1, 0.15) is 15.9 Å². The zero-order valence-corrected chi connectivity index (χ0v) is 17.3. The number of benzene rings is 2. The maximum Gasteiger partial charge on any atom is 0.271 e. The average Bonchev–Trinajstić information content (AvgIpc) is 3.24. The van der Waals surface area contributed by atoms with E-state index in [1.165, 1.54) is 18.2 Å². The molecule has 0 fully saturated rings. The summed E-state index contributed by atoms with van der Waals surface area (Å²) >= 11 is 6.87. The predicted octanol–water partition coefficient (Wildman–Crippen LogP) is 3.21. The van der Waals surface area contributed by atoms with Gasteiger partial charge in [0.15, 0.2) is 0 Å². The lowest BCUT2D eigenvalue weighted by Crippen LogP contribution is -2.42. The van der Waals surface area contributed by atoms with Crippen LogP contribution < -0.4 is 15.6 Å². The van der Waals surface area contributed by atoms with E-state index in [-0.39, 0.29) is 21.9 Å². The minimum absolute atomic E-state index is 0.0457. The summed E-state index contributed by atoms with van der Waals surface area (Å²) < 4.78 is 27.4. The Balaban J connectivity index is 1.65. The topological polar surface area (TPSA) is 104 Å². The van der Waals surface area contributed by atoms with Crippen molar-refractivity contribution in [3.63, 3.8) is 0 Å². The molecule has 0 aliphatic heterocycles. The highest BCUT2D eigenvalue weighted by Gasteiger charge is 2.19. The minimum Gasteiger partial charge on any atom is -0.278 e. The molecule has 0 spiro atoms. The Labute approximate surface area is 176 Å². The molecule has 0 unspecified atom stereocenters. The van der Waals surface area contributed by atoms with E-state index in [1.54, 1.807) is 47.8 Å². The molecule has 150 valence electrons. The molecule has 0 atom stereocenters. The Morgan fingerprint density at radius 2 is 1.66 bits per heavy atom. The van der Waals surface area contributed by atoms with Crippen LogP contribution in [0.25, 0.3) is 0 Å². The second-order valence-corrected chi connectivity index (χ2v) is 9.18. The number of hydrogen-bond donors (Lipinski definition) is 3. The predicted molar refractivity (Wildman–Crippen MR) is 112 cm³/mol. The molecule has 1 aromatic heterocycles. The van der Waals surface area contributed by atoms with Gasteiger partial charge in [-0.25, -0.2) is 8.42 Å². The summed E-state index contributed by atoms with van der Waals surface area (Å²) in [5, 5.41) is 2.20. The Morgan fingerprint density at radius 3 is 2.34 bits per heavy atom. The van der Waals surface area contributed by atoms with E-state index in [2.05, 4.69) is 15.6 Å². The number of hydrazine groups is 1. The molecule has 0 bridgehead atoms. The van der Waals surface area contributed by atoms with Crippen LogP contribution in [-0.2, 0) is 21.2 Å². The molecule has 0 radical (unpaired) electrons. The number of anilines is 1. The fourth-order valence-electron chi connectivity index (χ4n) is 2.41. The van der Waals surface area contributed by atoms with E-state index in [9.17, 15) is 18.0 Å². The molecular formula is C19H16ClN3O4S2. The monoisotopic (exact) mass is 449 g/mol. The van der Waals surface area contributed by atoms with Crippen molar-refractivity contribution in [2.45, 2.75) is 10.6 Å². The molecule has 0 aliphatic carbocycles. The molecule has 29 heavy (non-hydrogen) atoms. The first-order valence-corrected chi connectivity index (χ1v) is 11.1. The van der Waals surface area contributed by atoms with Gasteiger partial charge in [-0.2, -0.15) is 0 Å². The van der Waals surface area contributed by atoms with Gasteiger partial charge in [-0.15, -0.1) is 11.3 Å². The molecule has 1 heterocycles. The lowest BCUT2D eigenvalue weighted by atomic mass is 10.1. The molecule has 2 aromatic carbocycles. The number of rotatable bonds is 6. The summed E-state index contributed by atoms with van der Waals surface area (Å²) in [5.41, 5.74) is 5.51. The van der Waals surface area contributed by atoms with Crippen molar-refractivity contribution in [2.24, 2.45) is 0 Å². The zero-order chi connectivity index (χ0) is 20.9. The number of carbonyl (C=O) groups is 2. The summed E-state index contributed by atoms with van der Waals surface area (Å²) in [7, 11) is -3.81. The van der Waals surface area contributed by atoms with Gasteiger partial charge in [-0.3, -0.25) is 25.2 Å². The molecule has 0 saturated heterocycles. The fraction of sp³-hybridized carbons (Fsp3) is 0.0526. The van der Waals surface area contributed by atoms with Crippen LogP contribution in [0.4, 0.5) is 5.69 Å². The van der Waals surface area contributed by atoms with Crippen molar-refractivity contribution in [3.05, 3.63) is 82.2 Å². The number of carbonyl (C=O) groups excluding carboxylic acids is 2. The second kappa shape index (κ2) is 9.08. The van der Waals surface area contributed by atoms with Gasteiger partial charge in [0.05, 0.1) is 17.7 Å². The van der Waals surface area contributed by atoms with Crippen LogP contribution in [0.15, 0.2) is 70.3 Å². The SMILES string of the molecule is O=C(Cc1ccc(Cl)cc1)NNC(=O)c1ccccc1NS(=O)(=O)c1cccs1. The first-order valence-electron chi connectivity index (χ1n) is 8.34. The molecule has 0 saturated carbocycles. The van der Waals surface area contributed by atoms with Crippen molar-refractivity contribution < 1.29 is 18.0 Å². The number of halogens is 1. The van der Waals surface area contributed by atoms with E-state index in [0.717, 1.165) is 16.9 Å². The van der Waals surface area contributed by atoms with Crippen molar-refractivity contribution in [1.82, 2.24) is 10.9 Å². The van der Waals surface area contributed by atoms with Crippen molar-refractivity contribution in [2.75, 3.05) is 4.72 Å². The third-order valence-electron chi connectivity index (χ3n) is 3.77. The van der Waals surface area contributed by atoms with E-state index >= 15 is 0 Å². The molecule has 2 amide bonds. The third kappa shape index (κ3) is 5.57. The third-order valence-corrected chi connectivity index (χ3v) is 6.78. The Hall–Kier alpha value is -2.88. The number of sulfonamides is 1. The Morgan fingerprint density at radius 1 is 0.931 bits per heavy atom. The zero-order valence-electron chi connectivity index (χ0n) is 14.9. The number of thiophene rings is 1. The molecule has 10 heteroatoms. The summed E-state index contributed by atoms with van der Waals surface area (Å²) in [4.78, 5) is 24.5. The lowest BCUT2D eigenvalue weighted by molar-refractivity contribution is -0.121. The van der Waals surface area contributed by atoms with Crippen LogP contribution in [0.5, 0.6) is 0 Å². The average molecular weight is 450 g/mol. The van der Waals surface area contributed by atoms with Crippen LogP contribution in [0.2, 0.25) is 5.02 Å². The first-order chi connectivity index (χ1) is 13.8. The number of para-hydroxylation sites is 1. The summed E-state index contributed by atoms with van der Waals surface area (Å²) in [5.74, 6) is -1.09. The standard InChI is InChI=1S/C19H16ClN3O4S2/c20-14-9-7-13(8-10-14)12-17(24)21-22-19(25)15-4-1-2-5-16(15)23-29(26,27)18-6-3-11-28-18/h1-11,23H,12H2,(H,21,24)(H,22,25). The number of hydrogen-bond acceptors (Lipinski definition) is 5. The second-order valence-electron chi connectivity index (χ2n) is 5.89. The van der Waals surface area contributed by atoms with Gasteiger partial charge < -0.3 is 0 Å².